The van der Waals surface area contributed by atoms with E-state index in [9.17, 15) is 39.9 Å². The van der Waals surface area contributed by atoms with E-state index in [1.165, 1.54) is 11.8 Å². The maximum absolute atomic E-state index is 13.8. The third-order valence-electron chi connectivity index (χ3n) is 8.43. The molecule has 0 aliphatic heterocycles. The number of ketones is 2. The number of benzene rings is 1. The Labute approximate surface area is 229 Å². The quantitative estimate of drug-likeness (QED) is 0.109. The minimum Gasteiger partial charge on any atom is -0.508 e. The fourth-order valence-corrected chi connectivity index (χ4v) is 6.88. The molecule has 39 heavy (non-hydrogen) atoms. The normalized spacial score (nSPS) is 28.6. The molecule has 3 aliphatic rings. The Balaban J connectivity index is 1.85. The Hall–Kier alpha value is -3.35. The van der Waals surface area contributed by atoms with Crippen molar-refractivity contribution in [2.24, 2.45) is 23.3 Å². The number of rotatable bonds is 6. The molecule has 1 aromatic rings. The summed E-state index contributed by atoms with van der Waals surface area (Å²) in [6, 6.07) is 3.44. The number of carbonyl (C=O) groups is 3. The zero-order valence-electron chi connectivity index (χ0n) is 21.8. The van der Waals surface area contributed by atoms with Crippen LogP contribution in [0.25, 0.3) is 5.76 Å². The minimum absolute atomic E-state index is 0.0129. The number of hydrogen-bond donors (Lipinski definition) is 8. The number of carbonyl (C=O) groups excluding carboxylic acids is 3. The van der Waals surface area contributed by atoms with E-state index in [2.05, 4.69) is 0 Å². The van der Waals surface area contributed by atoms with Gasteiger partial charge in [-0.05, 0) is 29.7 Å². The van der Waals surface area contributed by atoms with Crippen LogP contribution in [-0.4, -0.2) is 65.6 Å². The molecule has 0 unspecified atom stereocenters. The summed E-state index contributed by atoms with van der Waals surface area (Å²) in [4.78, 5) is 38.2. The Morgan fingerprint density at radius 2 is 1.85 bits per heavy atom. The molecule has 1 fully saturated rings. The summed E-state index contributed by atoms with van der Waals surface area (Å²) in [5.74, 6) is -8.16. The largest absolute Gasteiger partial charge is 0.508 e. The fraction of sp³-hybridized carbons (Fsp3) is 0.481. The van der Waals surface area contributed by atoms with Gasteiger partial charge in [-0.1, -0.05) is 44.7 Å². The van der Waals surface area contributed by atoms with E-state index in [0.29, 0.717) is 29.7 Å². The van der Waals surface area contributed by atoms with Gasteiger partial charge in [-0.3, -0.25) is 19.8 Å². The number of aromatic hydroxyl groups is 1. The van der Waals surface area contributed by atoms with Crippen molar-refractivity contribution < 1.29 is 39.9 Å². The van der Waals surface area contributed by atoms with Crippen LogP contribution >= 0.6 is 11.8 Å². The van der Waals surface area contributed by atoms with Crippen LogP contribution in [0.5, 0.6) is 5.75 Å². The number of aliphatic hydroxyl groups is 4. The second kappa shape index (κ2) is 9.68. The zero-order chi connectivity index (χ0) is 29.2. The van der Waals surface area contributed by atoms with Gasteiger partial charge in [0, 0.05) is 35.1 Å². The molecule has 0 saturated heterocycles. The number of aliphatic hydroxyl groups excluding tert-OH is 3. The Morgan fingerprint density at radius 3 is 2.44 bits per heavy atom. The van der Waals surface area contributed by atoms with Crippen LogP contribution in [0.2, 0.25) is 0 Å². The highest BCUT2D eigenvalue weighted by Gasteiger charge is 2.65. The summed E-state index contributed by atoms with van der Waals surface area (Å²) in [7, 11) is 0. The molecule has 12 heteroatoms. The van der Waals surface area contributed by atoms with Crippen molar-refractivity contribution in [1.82, 2.24) is 0 Å². The van der Waals surface area contributed by atoms with Crippen LogP contribution in [0.1, 0.15) is 62.6 Å². The highest BCUT2D eigenvalue weighted by Crippen LogP contribution is 2.56. The molecule has 1 saturated carbocycles. The van der Waals surface area contributed by atoms with Gasteiger partial charge in [-0.25, -0.2) is 0 Å². The molecule has 5 atom stereocenters. The van der Waals surface area contributed by atoms with Crippen molar-refractivity contribution in [3.8, 4) is 5.75 Å². The number of amides is 1. The Kier molecular flexibility index (Phi) is 7.12. The number of amidine groups is 1. The molecular weight excluding hydrogens is 526 g/mol. The summed E-state index contributed by atoms with van der Waals surface area (Å²) in [6.07, 6.45) is -0.886. The van der Waals surface area contributed by atoms with E-state index in [1.807, 2.05) is 13.8 Å². The smallest absolute Gasteiger partial charge is 0.255 e. The lowest BCUT2D eigenvalue weighted by atomic mass is 9.55. The molecule has 11 nitrogen and oxygen atoms in total. The molecule has 210 valence electrons. The SMILES string of the molecule is C[C@H]1c2ccc(C(C)(C)CCCSC(=N)N)c(O)c2C(O)=C2C(=O)[C@]3(O)C(O)=C(C(N)=O)C(=O)C[C@@H]3[C@@H](O)[C@@H]21. The topological polar surface area (TPSA) is 228 Å². The first-order chi connectivity index (χ1) is 18.1. The Bertz CT molecular complexity index is 1370. The minimum atomic E-state index is -2.87. The van der Waals surface area contributed by atoms with E-state index in [4.69, 9.17) is 16.9 Å². The van der Waals surface area contributed by atoms with Crippen LogP contribution in [-0.2, 0) is 19.8 Å². The standard InChI is InChI=1S/C27H33N3O8S/c1-10-11-5-6-12(26(2,3)7-4-8-39-25(29)30)19(32)16(11)21(34)18-15(10)20(33)13-9-14(31)17(24(28)37)22(35)27(13,38)23(18)36/h5-6,10,13,15,20,32-35,38H,4,7-9H2,1-3H3,(H2,28,37)(H3,29,30)/t10-,13+,15+,20+,27+/m0/s1. The molecule has 0 heterocycles. The van der Waals surface area contributed by atoms with Crippen LogP contribution in [0.15, 0.2) is 29.0 Å². The molecule has 0 bridgehead atoms. The average Bonchev–Trinajstić information content (AvgIpc) is 2.84. The van der Waals surface area contributed by atoms with E-state index in [0.717, 1.165) is 0 Å². The average molecular weight is 560 g/mol. The summed E-state index contributed by atoms with van der Waals surface area (Å²) in [5.41, 5.74) is 6.76. The molecule has 0 aromatic heterocycles. The number of Topliss-reactive ketones (excluding diaryl/α,β-unsaturated/α-hetero) is 2. The van der Waals surface area contributed by atoms with Gasteiger partial charge in [-0.2, -0.15) is 0 Å². The van der Waals surface area contributed by atoms with Crippen molar-refractivity contribution in [2.45, 2.75) is 63.1 Å². The molecule has 4 rings (SSSR count). The molecule has 3 aliphatic carbocycles. The first-order valence-corrected chi connectivity index (χ1v) is 13.5. The van der Waals surface area contributed by atoms with Crippen molar-refractivity contribution in [3.05, 3.63) is 45.7 Å². The maximum atomic E-state index is 13.8. The second-order valence-electron chi connectivity index (χ2n) is 11.1. The van der Waals surface area contributed by atoms with E-state index in [1.54, 1.807) is 19.1 Å². The van der Waals surface area contributed by atoms with Crippen LogP contribution in [0, 0.1) is 17.2 Å². The molecule has 0 radical (unpaired) electrons. The highest BCUT2D eigenvalue weighted by atomic mass is 32.2. The van der Waals surface area contributed by atoms with Gasteiger partial charge in [0.1, 0.15) is 22.8 Å². The molecule has 0 spiro atoms. The van der Waals surface area contributed by atoms with Gasteiger partial charge in [0.2, 0.25) is 5.78 Å². The number of nitrogens with two attached hydrogens (primary N) is 2. The zero-order valence-corrected chi connectivity index (χ0v) is 22.6. The van der Waals surface area contributed by atoms with Crippen molar-refractivity contribution in [2.75, 3.05) is 5.75 Å². The van der Waals surface area contributed by atoms with Crippen molar-refractivity contribution in [1.29, 1.82) is 5.41 Å². The second-order valence-corrected chi connectivity index (χ2v) is 12.2. The molecule has 1 aromatic carbocycles. The number of phenolic OH excluding ortho intramolecular Hbond substituents is 1. The van der Waals surface area contributed by atoms with Crippen LogP contribution in [0.4, 0.5) is 0 Å². The third-order valence-corrected chi connectivity index (χ3v) is 9.24. The van der Waals surface area contributed by atoms with E-state index < -0.39 is 81.4 Å². The number of fused-ring (bicyclic) bond motifs is 3. The van der Waals surface area contributed by atoms with Crippen molar-refractivity contribution >= 4 is 40.2 Å². The first kappa shape index (κ1) is 28.7. The molecular formula is C27H33N3O8S. The Morgan fingerprint density at radius 1 is 1.21 bits per heavy atom. The monoisotopic (exact) mass is 559 g/mol. The van der Waals surface area contributed by atoms with Gasteiger partial charge >= 0.3 is 0 Å². The lowest BCUT2D eigenvalue weighted by Crippen LogP contribution is -2.63. The fourth-order valence-electron chi connectivity index (χ4n) is 6.37. The van der Waals surface area contributed by atoms with Gasteiger partial charge in [-0.15, -0.1) is 0 Å². The number of nitrogens with one attached hydrogen (secondary N) is 1. The van der Waals surface area contributed by atoms with Crippen molar-refractivity contribution in [3.63, 3.8) is 0 Å². The van der Waals surface area contributed by atoms with E-state index >= 15 is 0 Å². The number of thioether (sulfide) groups is 1. The van der Waals surface area contributed by atoms with Gasteiger partial charge < -0.3 is 37.0 Å². The summed E-state index contributed by atoms with van der Waals surface area (Å²) in [6.45, 7) is 5.50. The van der Waals surface area contributed by atoms with Crippen LogP contribution < -0.4 is 11.5 Å². The number of hydrogen-bond acceptors (Lipinski definition) is 10. The van der Waals surface area contributed by atoms with Gasteiger partial charge in [0.15, 0.2) is 16.6 Å². The number of primary amides is 1. The number of phenols is 1. The van der Waals surface area contributed by atoms with Crippen LogP contribution in [0.3, 0.4) is 0 Å². The predicted molar refractivity (Wildman–Crippen MR) is 144 cm³/mol. The lowest BCUT2D eigenvalue weighted by molar-refractivity contribution is -0.160. The van der Waals surface area contributed by atoms with E-state index in [-0.39, 0.29) is 16.5 Å². The first-order valence-electron chi connectivity index (χ1n) is 12.6. The molecule has 1 amide bonds. The summed E-state index contributed by atoms with van der Waals surface area (Å²) in [5, 5.41) is 63.6. The van der Waals surface area contributed by atoms with Gasteiger partial charge in [0.05, 0.1) is 11.7 Å². The predicted octanol–water partition coefficient (Wildman–Crippen LogP) is 1.64. The highest BCUT2D eigenvalue weighted by molar-refractivity contribution is 8.13. The summed E-state index contributed by atoms with van der Waals surface area (Å²) >= 11 is 1.21. The third kappa shape index (κ3) is 4.21. The summed E-state index contributed by atoms with van der Waals surface area (Å²) < 4.78 is 0. The van der Waals surface area contributed by atoms with Gasteiger partial charge in [0.25, 0.3) is 5.91 Å². The lowest BCUT2D eigenvalue weighted by Gasteiger charge is -2.50. The maximum Gasteiger partial charge on any atom is 0.255 e. The molecule has 10 N–H and O–H groups in total.